The summed E-state index contributed by atoms with van der Waals surface area (Å²) in [6.07, 6.45) is 3.50. The summed E-state index contributed by atoms with van der Waals surface area (Å²) in [6.45, 7) is 3.86. The fourth-order valence-electron chi connectivity index (χ4n) is 3.75. The van der Waals surface area contributed by atoms with Gasteiger partial charge >= 0.3 is 0 Å². The summed E-state index contributed by atoms with van der Waals surface area (Å²) in [5.74, 6) is 1.81. The lowest BCUT2D eigenvalue weighted by Crippen LogP contribution is -2.39. The van der Waals surface area contributed by atoms with Crippen LogP contribution >= 0.6 is 11.6 Å². The van der Waals surface area contributed by atoms with Gasteiger partial charge in [-0.15, -0.1) is 10.2 Å². The van der Waals surface area contributed by atoms with Crippen LogP contribution in [-0.4, -0.2) is 47.4 Å². The number of hydrogen-bond acceptors (Lipinski definition) is 7. The number of rotatable bonds is 7. The molecule has 0 unspecified atom stereocenters. The second kappa shape index (κ2) is 10.5. The van der Waals surface area contributed by atoms with Crippen LogP contribution in [-0.2, 0) is 6.54 Å². The van der Waals surface area contributed by atoms with Gasteiger partial charge in [0.15, 0.2) is 11.5 Å². The zero-order valence-electron chi connectivity index (χ0n) is 18.6. The Bertz CT molecular complexity index is 1100. The standard InChI is InChI=1S/C24H26ClN5O3/c1-16-13-21(24(31)27-14-17-5-3-4-6-20(17)25)28-29-23(16)30-11-9-18(10-12-30)33-19-7-8-22(32-2)26-15-19/h3-8,13,15,18H,9-12,14H2,1-2H3,(H,27,31). The maximum atomic E-state index is 12.5. The molecule has 1 aliphatic rings. The normalized spacial score (nSPS) is 14.1. The fourth-order valence-corrected chi connectivity index (χ4v) is 3.95. The number of ether oxygens (including phenoxy) is 2. The Morgan fingerprint density at radius 1 is 1.18 bits per heavy atom. The first-order chi connectivity index (χ1) is 16.0. The minimum Gasteiger partial charge on any atom is -0.489 e. The molecule has 33 heavy (non-hydrogen) atoms. The number of methoxy groups -OCH3 is 1. The first kappa shape index (κ1) is 22.8. The Hall–Kier alpha value is -3.39. The molecule has 1 aromatic carbocycles. The largest absolute Gasteiger partial charge is 0.489 e. The number of benzene rings is 1. The highest BCUT2D eigenvalue weighted by atomic mass is 35.5. The third-order valence-corrected chi connectivity index (χ3v) is 5.92. The van der Waals surface area contributed by atoms with Crippen molar-refractivity contribution in [2.24, 2.45) is 0 Å². The summed E-state index contributed by atoms with van der Waals surface area (Å²) in [6, 6.07) is 12.8. The number of nitrogens with one attached hydrogen (secondary N) is 1. The van der Waals surface area contributed by atoms with Crippen molar-refractivity contribution < 1.29 is 14.3 Å². The molecule has 1 saturated heterocycles. The van der Waals surface area contributed by atoms with Crippen LogP contribution in [0.3, 0.4) is 0 Å². The van der Waals surface area contributed by atoms with Crippen molar-refractivity contribution in [3.05, 3.63) is 70.5 Å². The van der Waals surface area contributed by atoms with Crippen LogP contribution in [0.5, 0.6) is 11.6 Å². The summed E-state index contributed by atoms with van der Waals surface area (Å²) < 4.78 is 11.1. The number of hydrogen-bond donors (Lipinski definition) is 1. The average Bonchev–Trinajstić information content (AvgIpc) is 2.84. The van der Waals surface area contributed by atoms with Crippen molar-refractivity contribution >= 4 is 23.3 Å². The molecule has 8 nitrogen and oxygen atoms in total. The van der Waals surface area contributed by atoms with E-state index in [1.165, 1.54) is 0 Å². The number of piperidine rings is 1. The zero-order chi connectivity index (χ0) is 23.2. The van der Waals surface area contributed by atoms with Gasteiger partial charge in [0.25, 0.3) is 5.91 Å². The Morgan fingerprint density at radius 3 is 2.64 bits per heavy atom. The lowest BCUT2D eigenvalue weighted by atomic mass is 10.1. The monoisotopic (exact) mass is 467 g/mol. The molecule has 2 aromatic heterocycles. The molecule has 0 spiro atoms. The maximum Gasteiger partial charge on any atom is 0.272 e. The smallest absolute Gasteiger partial charge is 0.272 e. The van der Waals surface area contributed by atoms with Gasteiger partial charge in [-0.2, -0.15) is 0 Å². The summed E-state index contributed by atoms with van der Waals surface area (Å²) in [7, 11) is 1.59. The molecule has 0 bridgehead atoms. The minimum atomic E-state index is -0.280. The third-order valence-electron chi connectivity index (χ3n) is 5.55. The van der Waals surface area contributed by atoms with Gasteiger partial charge in [0.2, 0.25) is 5.88 Å². The molecule has 1 N–H and O–H groups in total. The van der Waals surface area contributed by atoms with E-state index in [0.29, 0.717) is 17.4 Å². The topological polar surface area (TPSA) is 89.5 Å². The minimum absolute atomic E-state index is 0.111. The number of nitrogens with zero attached hydrogens (tertiary/aromatic N) is 4. The Labute approximate surface area is 197 Å². The van der Waals surface area contributed by atoms with E-state index in [4.69, 9.17) is 21.1 Å². The van der Waals surface area contributed by atoms with Crippen LogP contribution < -0.4 is 19.7 Å². The summed E-state index contributed by atoms with van der Waals surface area (Å²) >= 11 is 6.15. The van der Waals surface area contributed by atoms with Crippen molar-refractivity contribution in [1.82, 2.24) is 20.5 Å². The van der Waals surface area contributed by atoms with Crippen molar-refractivity contribution in [3.8, 4) is 11.6 Å². The number of aryl methyl sites for hydroxylation is 1. The van der Waals surface area contributed by atoms with Gasteiger partial charge in [0.1, 0.15) is 11.9 Å². The van der Waals surface area contributed by atoms with Gasteiger partial charge in [-0.1, -0.05) is 29.8 Å². The number of aromatic nitrogens is 3. The molecule has 1 amide bonds. The molecule has 1 fully saturated rings. The molecular formula is C24H26ClN5O3. The fraction of sp³-hybridized carbons (Fsp3) is 0.333. The number of carbonyl (C=O) groups excluding carboxylic acids is 1. The van der Waals surface area contributed by atoms with Gasteiger partial charge < -0.3 is 19.7 Å². The van der Waals surface area contributed by atoms with Crippen LogP contribution in [0.15, 0.2) is 48.7 Å². The summed E-state index contributed by atoms with van der Waals surface area (Å²) in [4.78, 5) is 18.9. The molecule has 4 rings (SSSR count). The van der Waals surface area contributed by atoms with Gasteiger partial charge in [-0.25, -0.2) is 4.98 Å². The number of anilines is 1. The van der Waals surface area contributed by atoms with E-state index in [0.717, 1.165) is 48.6 Å². The maximum absolute atomic E-state index is 12.5. The molecule has 3 heterocycles. The quantitative estimate of drug-likeness (QED) is 0.565. The first-order valence-corrected chi connectivity index (χ1v) is 11.2. The first-order valence-electron chi connectivity index (χ1n) is 10.8. The van der Waals surface area contributed by atoms with Crippen molar-refractivity contribution in [2.75, 3.05) is 25.1 Å². The molecule has 172 valence electrons. The van der Waals surface area contributed by atoms with Gasteiger partial charge in [0.05, 0.1) is 13.3 Å². The number of amides is 1. The predicted molar refractivity (Wildman–Crippen MR) is 126 cm³/mol. The lowest BCUT2D eigenvalue weighted by molar-refractivity contribution is 0.0945. The third kappa shape index (κ3) is 5.70. The lowest BCUT2D eigenvalue weighted by Gasteiger charge is -2.33. The average molecular weight is 468 g/mol. The van der Waals surface area contributed by atoms with E-state index in [1.54, 1.807) is 31.5 Å². The Balaban J connectivity index is 1.31. The van der Waals surface area contributed by atoms with E-state index >= 15 is 0 Å². The predicted octanol–water partition coefficient (Wildman–Crippen LogP) is 3.82. The molecule has 0 radical (unpaired) electrons. The second-order valence-corrected chi connectivity index (χ2v) is 8.26. The van der Waals surface area contributed by atoms with E-state index < -0.39 is 0 Å². The van der Waals surface area contributed by atoms with Crippen molar-refractivity contribution in [1.29, 1.82) is 0 Å². The zero-order valence-corrected chi connectivity index (χ0v) is 19.4. The highest BCUT2D eigenvalue weighted by molar-refractivity contribution is 6.31. The van der Waals surface area contributed by atoms with Crippen LogP contribution in [0.25, 0.3) is 0 Å². The Kier molecular flexibility index (Phi) is 7.24. The van der Waals surface area contributed by atoms with Crippen LogP contribution in [0.1, 0.15) is 34.5 Å². The van der Waals surface area contributed by atoms with E-state index in [9.17, 15) is 4.79 Å². The van der Waals surface area contributed by atoms with Gasteiger partial charge in [-0.05, 0) is 36.2 Å². The second-order valence-electron chi connectivity index (χ2n) is 7.85. The molecule has 1 aliphatic heterocycles. The molecule has 0 saturated carbocycles. The van der Waals surface area contributed by atoms with Crippen LogP contribution in [0.2, 0.25) is 5.02 Å². The van der Waals surface area contributed by atoms with Crippen LogP contribution in [0, 0.1) is 6.92 Å². The van der Waals surface area contributed by atoms with Crippen molar-refractivity contribution in [3.63, 3.8) is 0 Å². The van der Waals surface area contributed by atoms with E-state index in [1.807, 2.05) is 31.2 Å². The van der Waals surface area contributed by atoms with Crippen molar-refractivity contribution in [2.45, 2.75) is 32.4 Å². The van der Waals surface area contributed by atoms with E-state index in [2.05, 4.69) is 25.4 Å². The summed E-state index contributed by atoms with van der Waals surface area (Å²) in [5.41, 5.74) is 2.05. The number of pyridine rings is 1. The molecular weight excluding hydrogens is 442 g/mol. The van der Waals surface area contributed by atoms with Crippen LogP contribution in [0.4, 0.5) is 5.82 Å². The highest BCUT2D eigenvalue weighted by Crippen LogP contribution is 2.24. The Morgan fingerprint density at radius 2 is 1.97 bits per heavy atom. The molecule has 0 aliphatic carbocycles. The molecule has 0 atom stereocenters. The number of halogens is 1. The van der Waals surface area contributed by atoms with Gasteiger partial charge in [0, 0.05) is 43.6 Å². The SMILES string of the molecule is COc1ccc(OC2CCN(c3nnc(C(=O)NCc4ccccc4Cl)cc3C)CC2)cn1. The molecule has 9 heteroatoms. The van der Waals surface area contributed by atoms with Gasteiger partial charge in [-0.3, -0.25) is 4.79 Å². The summed E-state index contributed by atoms with van der Waals surface area (Å²) in [5, 5.41) is 12.0. The highest BCUT2D eigenvalue weighted by Gasteiger charge is 2.23. The number of carbonyl (C=O) groups is 1. The van der Waals surface area contributed by atoms with E-state index in [-0.39, 0.29) is 17.7 Å². The molecule has 3 aromatic rings.